The van der Waals surface area contributed by atoms with E-state index in [-0.39, 0.29) is 0 Å². The van der Waals surface area contributed by atoms with Crippen LogP contribution in [0.1, 0.15) is 20.8 Å². The zero-order valence-electron chi connectivity index (χ0n) is 12.4. The molecule has 0 saturated heterocycles. The van der Waals surface area contributed by atoms with Crippen molar-refractivity contribution in [3.05, 3.63) is 60.7 Å². The Balaban J connectivity index is 2.57. The topological polar surface area (TPSA) is 52.0 Å². The van der Waals surface area contributed by atoms with Gasteiger partial charge in [0.1, 0.15) is 0 Å². The van der Waals surface area contributed by atoms with Crippen LogP contribution in [0.3, 0.4) is 0 Å². The van der Waals surface area contributed by atoms with Crippen molar-refractivity contribution in [2.45, 2.75) is 31.6 Å². The smallest absolute Gasteiger partial charge is 0.0586 e. The van der Waals surface area contributed by atoms with E-state index in [1.807, 2.05) is 26.0 Å². The van der Waals surface area contributed by atoms with E-state index in [9.17, 15) is 0 Å². The van der Waals surface area contributed by atoms with E-state index in [2.05, 4.69) is 55.5 Å². The molecular formula is C17H23N2P. The highest BCUT2D eigenvalue weighted by Crippen LogP contribution is 2.49. The fourth-order valence-electron chi connectivity index (χ4n) is 2.13. The molecule has 3 heteroatoms. The first-order chi connectivity index (χ1) is 9.34. The van der Waals surface area contributed by atoms with Crippen LogP contribution in [-0.4, -0.2) is 10.8 Å². The van der Waals surface area contributed by atoms with Crippen LogP contribution in [0.4, 0.5) is 0 Å². The van der Waals surface area contributed by atoms with Gasteiger partial charge in [-0.25, -0.2) is 0 Å². The quantitative estimate of drug-likeness (QED) is 0.849. The summed E-state index contributed by atoms with van der Waals surface area (Å²) in [5.41, 5.74) is 12.6. The lowest BCUT2D eigenvalue weighted by molar-refractivity contribution is 0.392. The largest absolute Gasteiger partial charge is 0.324 e. The highest BCUT2D eigenvalue weighted by Gasteiger charge is 2.42. The van der Waals surface area contributed by atoms with Gasteiger partial charge >= 0.3 is 0 Å². The summed E-state index contributed by atoms with van der Waals surface area (Å²) in [6.45, 7) is 6.08. The highest BCUT2D eigenvalue weighted by atomic mass is 31.1. The van der Waals surface area contributed by atoms with Crippen LogP contribution in [0, 0.1) is 0 Å². The van der Waals surface area contributed by atoms with Gasteiger partial charge in [-0.2, -0.15) is 0 Å². The van der Waals surface area contributed by atoms with Gasteiger partial charge in [0.15, 0.2) is 0 Å². The van der Waals surface area contributed by atoms with Gasteiger partial charge in [0.2, 0.25) is 0 Å². The molecule has 2 aromatic rings. The van der Waals surface area contributed by atoms with Crippen LogP contribution in [0.5, 0.6) is 0 Å². The molecule has 106 valence electrons. The Kier molecular flexibility index (Phi) is 4.29. The van der Waals surface area contributed by atoms with Crippen LogP contribution >= 0.6 is 7.92 Å². The summed E-state index contributed by atoms with van der Waals surface area (Å²) < 4.78 is 0. The van der Waals surface area contributed by atoms with Gasteiger partial charge in [0.05, 0.1) is 5.28 Å². The average molecular weight is 286 g/mol. The van der Waals surface area contributed by atoms with Crippen molar-refractivity contribution in [2.75, 3.05) is 0 Å². The number of rotatable bonds is 4. The molecule has 0 aliphatic carbocycles. The second-order valence-electron chi connectivity index (χ2n) is 5.88. The van der Waals surface area contributed by atoms with Crippen LogP contribution in [-0.2, 0) is 0 Å². The molecule has 0 aliphatic heterocycles. The average Bonchev–Trinajstić information content (AvgIpc) is 2.40. The van der Waals surface area contributed by atoms with Crippen LogP contribution in [0.15, 0.2) is 60.7 Å². The van der Waals surface area contributed by atoms with Crippen LogP contribution < -0.4 is 22.1 Å². The van der Waals surface area contributed by atoms with E-state index < -0.39 is 18.7 Å². The Bertz CT molecular complexity index is 505. The lowest BCUT2D eigenvalue weighted by Crippen LogP contribution is -2.61. The van der Waals surface area contributed by atoms with Gasteiger partial charge in [0.25, 0.3) is 0 Å². The third-order valence-electron chi connectivity index (χ3n) is 3.80. The molecule has 2 nitrogen and oxygen atoms in total. The van der Waals surface area contributed by atoms with Gasteiger partial charge < -0.3 is 11.5 Å². The minimum Gasteiger partial charge on any atom is -0.324 e. The van der Waals surface area contributed by atoms with Crippen molar-refractivity contribution in [3.8, 4) is 0 Å². The van der Waals surface area contributed by atoms with E-state index in [0.29, 0.717) is 0 Å². The lowest BCUT2D eigenvalue weighted by Gasteiger charge is -2.45. The van der Waals surface area contributed by atoms with Gasteiger partial charge in [0, 0.05) is 5.54 Å². The minimum absolute atomic E-state index is 0.468. The van der Waals surface area contributed by atoms with E-state index >= 15 is 0 Å². The van der Waals surface area contributed by atoms with Crippen LogP contribution in [0.2, 0.25) is 0 Å². The van der Waals surface area contributed by atoms with E-state index in [1.165, 1.54) is 10.6 Å². The van der Waals surface area contributed by atoms with Crippen molar-refractivity contribution in [1.29, 1.82) is 0 Å². The second kappa shape index (κ2) is 5.65. The van der Waals surface area contributed by atoms with Gasteiger partial charge in [-0.1, -0.05) is 60.7 Å². The first-order valence-electron chi connectivity index (χ1n) is 6.82. The fraction of sp³-hybridized carbons (Fsp3) is 0.294. The van der Waals surface area contributed by atoms with Crippen LogP contribution in [0.25, 0.3) is 0 Å². The van der Waals surface area contributed by atoms with Crippen molar-refractivity contribution in [2.24, 2.45) is 11.5 Å². The predicted octanol–water partition coefficient (Wildman–Crippen LogP) is 2.53. The predicted molar refractivity (Wildman–Crippen MR) is 89.9 cm³/mol. The SMILES string of the molecule is CC(C)(N)C(C)(N)P(c1ccccc1)c1ccccc1. The number of benzene rings is 2. The highest BCUT2D eigenvalue weighted by molar-refractivity contribution is 7.74. The third-order valence-corrected chi connectivity index (χ3v) is 6.93. The summed E-state index contributed by atoms with van der Waals surface area (Å²) in [5, 5.41) is 2.03. The molecule has 0 aromatic heterocycles. The molecule has 2 rings (SSSR count). The Morgan fingerprint density at radius 1 is 0.700 bits per heavy atom. The minimum atomic E-state index is -0.729. The monoisotopic (exact) mass is 286 g/mol. The summed E-state index contributed by atoms with van der Waals surface area (Å²) in [5.74, 6) is 0. The molecule has 1 atom stereocenters. The van der Waals surface area contributed by atoms with Gasteiger partial charge in [-0.3, -0.25) is 0 Å². The maximum atomic E-state index is 6.71. The summed E-state index contributed by atoms with van der Waals surface area (Å²) >= 11 is 0. The number of hydrogen-bond donors (Lipinski definition) is 2. The first-order valence-corrected chi connectivity index (χ1v) is 8.16. The normalized spacial score (nSPS) is 15.1. The van der Waals surface area contributed by atoms with Crippen molar-refractivity contribution in [3.63, 3.8) is 0 Å². The summed E-state index contributed by atoms with van der Waals surface area (Å²) in [6.07, 6.45) is 0. The van der Waals surface area contributed by atoms with Gasteiger partial charge in [-0.05, 0) is 39.3 Å². The molecule has 0 saturated carbocycles. The molecular weight excluding hydrogens is 263 g/mol. The maximum Gasteiger partial charge on any atom is 0.0586 e. The maximum absolute atomic E-state index is 6.71. The van der Waals surface area contributed by atoms with E-state index in [0.717, 1.165) is 0 Å². The summed E-state index contributed by atoms with van der Waals surface area (Å²) in [6, 6.07) is 20.9. The second-order valence-corrected chi connectivity index (χ2v) is 8.51. The zero-order valence-corrected chi connectivity index (χ0v) is 13.3. The molecule has 0 spiro atoms. The number of hydrogen-bond acceptors (Lipinski definition) is 2. The zero-order chi connectivity index (χ0) is 14.8. The molecule has 0 bridgehead atoms. The summed E-state index contributed by atoms with van der Waals surface area (Å²) in [7, 11) is -0.729. The Hall–Kier alpha value is -1.21. The van der Waals surface area contributed by atoms with Gasteiger partial charge in [-0.15, -0.1) is 0 Å². The first kappa shape index (κ1) is 15.2. The molecule has 0 fully saturated rings. The standard InChI is InChI=1S/C17H23N2P/c1-16(2,18)17(3,19)20(14-10-6-4-7-11-14)15-12-8-5-9-13-15/h4-13H,18-19H2,1-3H3. The molecule has 0 aliphatic rings. The molecule has 0 amide bonds. The van der Waals surface area contributed by atoms with E-state index in [4.69, 9.17) is 11.5 Å². The molecule has 4 N–H and O–H groups in total. The van der Waals surface area contributed by atoms with Crippen molar-refractivity contribution >= 4 is 18.5 Å². The molecule has 1 unspecified atom stereocenters. The number of nitrogens with two attached hydrogens (primary N) is 2. The Labute approximate surface area is 122 Å². The lowest BCUT2D eigenvalue weighted by atomic mass is 9.98. The third kappa shape index (κ3) is 2.93. The molecule has 2 aromatic carbocycles. The fourth-order valence-corrected chi connectivity index (χ4v) is 5.02. The Morgan fingerprint density at radius 2 is 1.05 bits per heavy atom. The summed E-state index contributed by atoms with van der Waals surface area (Å²) in [4.78, 5) is 0. The molecule has 0 radical (unpaired) electrons. The van der Waals surface area contributed by atoms with Crippen molar-refractivity contribution in [1.82, 2.24) is 0 Å². The van der Waals surface area contributed by atoms with E-state index in [1.54, 1.807) is 0 Å². The molecule has 0 heterocycles. The molecule has 20 heavy (non-hydrogen) atoms. The Morgan fingerprint density at radius 3 is 1.35 bits per heavy atom. The van der Waals surface area contributed by atoms with Crippen molar-refractivity contribution < 1.29 is 0 Å².